The van der Waals surface area contributed by atoms with E-state index in [1.807, 2.05) is 6.92 Å². The van der Waals surface area contributed by atoms with Gasteiger partial charge in [0.2, 0.25) is 0 Å². The van der Waals surface area contributed by atoms with Crippen molar-refractivity contribution in [1.29, 1.82) is 0 Å². The van der Waals surface area contributed by atoms with Crippen LogP contribution in [-0.2, 0) is 0 Å². The highest BCUT2D eigenvalue weighted by Gasteiger charge is 2.13. The molecule has 1 rings (SSSR count). The number of aliphatic imine (C=N–C) groups is 1. The lowest BCUT2D eigenvalue weighted by atomic mass is 10.0. The van der Waals surface area contributed by atoms with Crippen molar-refractivity contribution in [2.75, 3.05) is 0 Å². The second kappa shape index (κ2) is 1.87. The van der Waals surface area contributed by atoms with Crippen molar-refractivity contribution in [2.45, 2.75) is 26.3 Å². The van der Waals surface area contributed by atoms with Gasteiger partial charge in [0.05, 0.1) is 11.9 Å². The molecule has 0 aromatic rings. The number of allylic oxidation sites excluding steroid dienone is 1. The fourth-order valence-corrected chi connectivity index (χ4v) is 0.909. The van der Waals surface area contributed by atoms with Crippen LogP contribution in [-0.4, -0.2) is 11.9 Å². The Labute approximate surface area is 55.7 Å². The van der Waals surface area contributed by atoms with Crippen LogP contribution in [0.3, 0.4) is 0 Å². The molecule has 9 heavy (non-hydrogen) atoms. The number of nitrogens with one attached hydrogen (secondary N) is 1. The Hall–Kier alpha value is -0.790. The Morgan fingerprint density at radius 1 is 1.56 bits per heavy atom. The van der Waals surface area contributed by atoms with Gasteiger partial charge in [-0.3, -0.25) is 4.99 Å². The molecule has 0 saturated heterocycles. The van der Waals surface area contributed by atoms with Crippen molar-refractivity contribution in [1.82, 2.24) is 5.32 Å². The molecule has 2 heteroatoms. The lowest BCUT2D eigenvalue weighted by molar-refractivity contribution is 0.637. The van der Waals surface area contributed by atoms with E-state index in [0.29, 0.717) is 0 Å². The minimum Gasteiger partial charge on any atom is -0.351 e. The van der Waals surface area contributed by atoms with Gasteiger partial charge < -0.3 is 5.32 Å². The van der Waals surface area contributed by atoms with Gasteiger partial charge in [0, 0.05) is 5.70 Å². The first-order valence-corrected chi connectivity index (χ1v) is 3.10. The summed E-state index contributed by atoms with van der Waals surface area (Å²) in [7, 11) is 0. The van der Waals surface area contributed by atoms with E-state index in [-0.39, 0.29) is 5.54 Å². The van der Waals surface area contributed by atoms with E-state index in [2.05, 4.69) is 30.2 Å². The van der Waals surface area contributed by atoms with Gasteiger partial charge in [-0.25, -0.2) is 0 Å². The summed E-state index contributed by atoms with van der Waals surface area (Å²) in [6, 6.07) is 0. The zero-order chi connectivity index (χ0) is 6.91. The van der Waals surface area contributed by atoms with Crippen LogP contribution < -0.4 is 5.32 Å². The van der Waals surface area contributed by atoms with E-state index in [1.165, 1.54) is 5.70 Å². The van der Waals surface area contributed by atoms with Crippen molar-refractivity contribution in [2.24, 2.45) is 4.99 Å². The molecule has 1 heterocycles. The second-order valence-electron chi connectivity index (χ2n) is 2.88. The Morgan fingerprint density at radius 2 is 2.22 bits per heavy atom. The molecule has 50 valence electrons. The lowest BCUT2D eigenvalue weighted by Crippen LogP contribution is -2.24. The van der Waals surface area contributed by atoms with Crippen LogP contribution in [0.2, 0.25) is 0 Å². The highest BCUT2D eigenvalue weighted by atomic mass is 15.0. The maximum absolute atomic E-state index is 4.20. The molecule has 1 aliphatic rings. The smallest absolute Gasteiger partial charge is 0.0875 e. The summed E-state index contributed by atoms with van der Waals surface area (Å²) in [6.07, 6.45) is 3.85. The largest absolute Gasteiger partial charge is 0.351 e. The number of rotatable bonds is 0. The molecule has 0 aliphatic carbocycles. The minimum atomic E-state index is -0.00463. The monoisotopic (exact) mass is 124 g/mol. The van der Waals surface area contributed by atoms with Gasteiger partial charge in [-0.05, 0) is 26.8 Å². The zero-order valence-electron chi connectivity index (χ0n) is 6.10. The zero-order valence-corrected chi connectivity index (χ0v) is 6.10. The first-order valence-electron chi connectivity index (χ1n) is 3.10. The average Bonchev–Trinajstić information content (AvgIpc) is 1.60. The third kappa shape index (κ3) is 1.56. The van der Waals surface area contributed by atoms with Crippen LogP contribution in [0, 0.1) is 0 Å². The Balaban J connectivity index is 2.78. The van der Waals surface area contributed by atoms with E-state index in [4.69, 9.17) is 0 Å². The van der Waals surface area contributed by atoms with Gasteiger partial charge in [0.25, 0.3) is 0 Å². The van der Waals surface area contributed by atoms with Crippen molar-refractivity contribution in [3.8, 4) is 0 Å². The topological polar surface area (TPSA) is 24.4 Å². The highest BCUT2D eigenvalue weighted by Crippen LogP contribution is 2.13. The highest BCUT2D eigenvalue weighted by molar-refractivity contribution is 5.60. The molecule has 0 atom stereocenters. The van der Waals surface area contributed by atoms with E-state index in [1.54, 1.807) is 6.34 Å². The maximum atomic E-state index is 4.20. The van der Waals surface area contributed by atoms with Gasteiger partial charge in [0.15, 0.2) is 0 Å². The van der Waals surface area contributed by atoms with E-state index in [0.717, 1.165) is 0 Å². The van der Waals surface area contributed by atoms with Crippen LogP contribution in [0.25, 0.3) is 0 Å². The van der Waals surface area contributed by atoms with Gasteiger partial charge in [-0.15, -0.1) is 0 Å². The van der Waals surface area contributed by atoms with Crippen LogP contribution in [0.1, 0.15) is 20.8 Å². The van der Waals surface area contributed by atoms with Crippen molar-refractivity contribution in [3.05, 3.63) is 11.8 Å². The Bertz CT molecular complexity index is 166. The van der Waals surface area contributed by atoms with Gasteiger partial charge >= 0.3 is 0 Å². The van der Waals surface area contributed by atoms with Crippen LogP contribution >= 0.6 is 0 Å². The van der Waals surface area contributed by atoms with Gasteiger partial charge in [-0.1, -0.05) is 0 Å². The molecule has 0 spiro atoms. The first kappa shape index (κ1) is 6.33. The van der Waals surface area contributed by atoms with Gasteiger partial charge in [0.1, 0.15) is 0 Å². The Kier molecular flexibility index (Phi) is 1.31. The Morgan fingerprint density at radius 3 is 2.56 bits per heavy atom. The maximum Gasteiger partial charge on any atom is 0.0875 e. The molecule has 1 aliphatic heterocycles. The molecule has 1 N–H and O–H groups in total. The van der Waals surface area contributed by atoms with E-state index in [9.17, 15) is 0 Å². The SMILES string of the molecule is CC1=CC(C)(C)N=CN1. The summed E-state index contributed by atoms with van der Waals surface area (Å²) >= 11 is 0. The van der Waals surface area contributed by atoms with Gasteiger partial charge in [-0.2, -0.15) is 0 Å². The minimum absolute atomic E-state index is 0.00463. The molecule has 0 aromatic carbocycles. The van der Waals surface area contributed by atoms with Crippen molar-refractivity contribution >= 4 is 6.34 Å². The molecule has 0 saturated carbocycles. The lowest BCUT2D eigenvalue weighted by Gasteiger charge is -2.19. The predicted octanol–water partition coefficient (Wildman–Crippen LogP) is 1.30. The number of nitrogens with zero attached hydrogens (tertiary/aromatic N) is 1. The number of hydrogen-bond donors (Lipinski definition) is 1. The fraction of sp³-hybridized carbons (Fsp3) is 0.571. The van der Waals surface area contributed by atoms with Crippen LogP contribution in [0.4, 0.5) is 0 Å². The molecular formula is C7H12N2. The van der Waals surface area contributed by atoms with E-state index >= 15 is 0 Å². The summed E-state index contributed by atoms with van der Waals surface area (Å²) in [5.74, 6) is 0. The normalized spacial score (nSPS) is 22.8. The quantitative estimate of drug-likeness (QED) is 0.517. The first-order chi connectivity index (χ1) is 4.10. The molecule has 0 amide bonds. The van der Waals surface area contributed by atoms with Crippen molar-refractivity contribution in [3.63, 3.8) is 0 Å². The summed E-state index contributed by atoms with van der Waals surface area (Å²) in [5.41, 5.74) is 1.17. The summed E-state index contributed by atoms with van der Waals surface area (Å²) in [6.45, 7) is 6.19. The molecular weight excluding hydrogens is 112 g/mol. The molecule has 0 fully saturated rings. The number of hydrogen-bond acceptors (Lipinski definition) is 2. The average molecular weight is 124 g/mol. The van der Waals surface area contributed by atoms with Crippen LogP contribution in [0.5, 0.6) is 0 Å². The fourth-order valence-electron chi connectivity index (χ4n) is 0.909. The molecule has 0 unspecified atom stereocenters. The second-order valence-corrected chi connectivity index (χ2v) is 2.88. The molecule has 0 bridgehead atoms. The summed E-state index contributed by atoms with van der Waals surface area (Å²) in [5, 5.41) is 3.01. The molecule has 0 radical (unpaired) electrons. The third-order valence-corrected chi connectivity index (χ3v) is 1.26. The molecule has 0 aromatic heterocycles. The third-order valence-electron chi connectivity index (χ3n) is 1.26. The predicted molar refractivity (Wildman–Crippen MR) is 39.5 cm³/mol. The van der Waals surface area contributed by atoms with Crippen LogP contribution in [0.15, 0.2) is 16.8 Å². The molecule has 2 nitrogen and oxygen atoms in total. The standard InChI is InChI=1S/C7H12N2/c1-6-4-7(2,3)9-5-8-6/h4-5H,1-3H3,(H,8,9). The van der Waals surface area contributed by atoms with Crippen molar-refractivity contribution < 1.29 is 0 Å². The summed E-state index contributed by atoms with van der Waals surface area (Å²) in [4.78, 5) is 4.20. The van der Waals surface area contributed by atoms with E-state index < -0.39 is 0 Å². The summed E-state index contributed by atoms with van der Waals surface area (Å²) < 4.78 is 0.